The number of hydrogen-bond donors (Lipinski definition) is 1. The van der Waals surface area contributed by atoms with Crippen molar-refractivity contribution in [1.29, 1.82) is 0 Å². The predicted octanol–water partition coefficient (Wildman–Crippen LogP) is 3.65. The van der Waals surface area contributed by atoms with Crippen LogP contribution in [0.15, 0.2) is 35.5 Å². The summed E-state index contributed by atoms with van der Waals surface area (Å²) in [5.74, 6) is 1.63. The van der Waals surface area contributed by atoms with Crippen molar-refractivity contribution in [2.75, 3.05) is 37.7 Å². The summed E-state index contributed by atoms with van der Waals surface area (Å²) in [5.41, 5.74) is 2.74. The first-order valence-electron chi connectivity index (χ1n) is 10.1. The highest BCUT2D eigenvalue weighted by atomic mass is 32.2. The van der Waals surface area contributed by atoms with E-state index in [0.29, 0.717) is 17.9 Å². The van der Waals surface area contributed by atoms with Gasteiger partial charge in [0.25, 0.3) is 5.91 Å². The van der Waals surface area contributed by atoms with E-state index >= 15 is 0 Å². The Morgan fingerprint density at radius 2 is 1.97 bits per heavy atom. The molecule has 3 rings (SSSR count). The van der Waals surface area contributed by atoms with Crippen LogP contribution in [0.5, 0.6) is 0 Å². The minimum Gasteiger partial charge on any atom is -0.378 e. The number of thioether (sulfide) groups is 1. The van der Waals surface area contributed by atoms with Crippen LogP contribution in [0.25, 0.3) is 0 Å². The number of benzene rings is 1. The maximum Gasteiger partial charge on any atom is 0.251 e. The number of hydrogen-bond acceptors (Lipinski definition) is 6. The summed E-state index contributed by atoms with van der Waals surface area (Å²) in [5, 5.41) is 3.61. The molecule has 1 amide bonds. The second-order valence-corrected chi connectivity index (χ2v) is 9.03. The third-order valence-corrected chi connectivity index (χ3v) is 5.61. The second-order valence-electron chi connectivity index (χ2n) is 8.09. The molecule has 1 aromatic heterocycles. The number of morpholine rings is 1. The van der Waals surface area contributed by atoms with Crippen molar-refractivity contribution in [3.63, 3.8) is 0 Å². The smallest absolute Gasteiger partial charge is 0.251 e. The van der Waals surface area contributed by atoms with E-state index in [1.54, 1.807) is 11.8 Å². The summed E-state index contributed by atoms with van der Waals surface area (Å²) in [6.07, 6.45) is 0. The fourth-order valence-electron chi connectivity index (χ4n) is 3.03. The molecule has 29 heavy (non-hydrogen) atoms. The monoisotopic (exact) mass is 414 g/mol. The maximum absolute atomic E-state index is 12.1. The average Bonchev–Trinajstić information content (AvgIpc) is 2.72. The topological polar surface area (TPSA) is 67.4 Å². The zero-order chi connectivity index (χ0) is 20.9. The first-order chi connectivity index (χ1) is 13.9. The van der Waals surface area contributed by atoms with Crippen molar-refractivity contribution >= 4 is 23.5 Å². The summed E-state index contributed by atoms with van der Waals surface area (Å²) in [6.45, 7) is 12.2. The van der Waals surface area contributed by atoms with Crippen LogP contribution in [0.4, 0.5) is 5.82 Å². The molecule has 0 spiro atoms. The van der Waals surface area contributed by atoms with Crippen LogP contribution in [0, 0.1) is 0 Å². The van der Waals surface area contributed by atoms with Gasteiger partial charge in [-0.05, 0) is 24.6 Å². The standard InChI is InChI=1S/C22H30N4O2S/c1-5-23-20(27)17-8-6-7-16(13-17)15-29-21-24-18(22(2,3)4)14-19(25-21)26-9-11-28-12-10-26/h6-8,13-14H,5,9-12,15H2,1-4H3,(H,23,27). The van der Waals surface area contributed by atoms with Crippen molar-refractivity contribution in [2.24, 2.45) is 0 Å². The second kappa shape index (κ2) is 9.59. The molecule has 0 atom stereocenters. The molecule has 2 heterocycles. The van der Waals surface area contributed by atoms with Gasteiger partial charge >= 0.3 is 0 Å². The molecule has 1 aromatic carbocycles. The lowest BCUT2D eigenvalue weighted by Crippen LogP contribution is -2.37. The molecule has 1 aliphatic rings. The number of carbonyl (C=O) groups is 1. The number of amides is 1. The molecule has 1 N–H and O–H groups in total. The molecule has 7 heteroatoms. The zero-order valence-corrected chi connectivity index (χ0v) is 18.5. The van der Waals surface area contributed by atoms with Gasteiger partial charge < -0.3 is 15.0 Å². The summed E-state index contributed by atoms with van der Waals surface area (Å²) in [6, 6.07) is 9.84. The van der Waals surface area contributed by atoms with Gasteiger partial charge in [-0.2, -0.15) is 0 Å². The van der Waals surface area contributed by atoms with Crippen LogP contribution in [0.1, 0.15) is 49.3 Å². The summed E-state index contributed by atoms with van der Waals surface area (Å²) in [4.78, 5) is 24.0. The van der Waals surface area contributed by atoms with Crippen molar-refractivity contribution in [3.05, 3.63) is 47.2 Å². The van der Waals surface area contributed by atoms with E-state index in [2.05, 4.69) is 37.1 Å². The lowest BCUT2D eigenvalue weighted by atomic mass is 9.92. The van der Waals surface area contributed by atoms with Gasteiger partial charge in [0.2, 0.25) is 0 Å². The number of anilines is 1. The van der Waals surface area contributed by atoms with Crippen LogP contribution >= 0.6 is 11.8 Å². The van der Waals surface area contributed by atoms with Crippen LogP contribution in [0.3, 0.4) is 0 Å². The molecular weight excluding hydrogens is 384 g/mol. The van der Waals surface area contributed by atoms with Crippen molar-refractivity contribution < 1.29 is 9.53 Å². The van der Waals surface area contributed by atoms with E-state index in [4.69, 9.17) is 14.7 Å². The fraction of sp³-hybridized carbons (Fsp3) is 0.500. The quantitative estimate of drug-likeness (QED) is 0.575. The number of nitrogens with one attached hydrogen (secondary N) is 1. The third-order valence-electron chi connectivity index (χ3n) is 4.69. The zero-order valence-electron chi connectivity index (χ0n) is 17.7. The SMILES string of the molecule is CCNC(=O)c1cccc(CSc2nc(N3CCOCC3)cc(C(C)(C)C)n2)c1. The Kier molecular flexibility index (Phi) is 7.14. The largest absolute Gasteiger partial charge is 0.378 e. The van der Waals surface area contributed by atoms with E-state index in [1.807, 2.05) is 31.2 Å². The molecule has 1 fully saturated rings. The molecule has 1 saturated heterocycles. The van der Waals surface area contributed by atoms with Gasteiger partial charge in [-0.1, -0.05) is 44.7 Å². The minimum atomic E-state index is -0.0581. The van der Waals surface area contributed by atoms with E-state index in [0.717, 1.165) is 48.5 Å². The number of rotatable bonds is 6. The first kappa shape index (κ1) is 21.6. The van der Waals surface area contributed by atoms with Crippen molar-refractivity contribution in [3.8, 4) is 0 Å². The Balaban J connectivity index is 1.79. The fourth-order valence-corrected chi connectivity index (χ4v) is 3.83. The molecule has 1 aliphatic heterocycles. The Hall–Kier alpha value is -2.12. The summed E-state index contributed by atoms with van der Waals surface area (Å²) in [7, 11) is 0. The minimum absolute atomic E-state index is 0.0417. The van der Waals surface area contributed by atoms with Crippen LogP contribution in [-0.2, 0) is 15.9 Å². The summed E-state index contributed by atoms with van der Waals surface area (Å²) >= 11 is 1.60. The van der Waals surface area contributed by atoms with Crippen molar-refractivity contribution in [1.82, 2.24) is 15.3 Å². The van der Waals surface area contributed by atoms with Gasteiger partial charge in [-0.25, -0.2) is 9.97 Å². The van der Waals surface area contributed by atoms with Crippen LogP contribution in [-0.4, -0.2) is 48.7 Å². The number of ether oxygens (including phenoxy) is 1. The van der Waals surface area contributed by atoms with Crippen LogP contribution < -0.4 is 10.2 Å². The molecule has 156 valence electrons. The first-order valence-corrected chi connectivity index (χ1v) is 11.1. The molecule has 0 bridgehead atoms. The molecule has 0 saturated carbocycles. The average molecular weight is 415 g/mol. The Labute approximate surface area is 177 Å². The Bertz CT molecular complexity index is 845. The van der Waals surface area contributed by atoms with Crippen molar-refractivity contribution in [2.45, 2.75) is 44.0 Å². The summed E-state index contributed by atoms with van der Waals surface area (Å²) < 4.78 is 5.48. The molecule has 2 aromatic rings. The Morgan fingerprint density at radius 1 is 1.21 bits per heavy atom. The van der Waals surface area contributed by atoms with E-state index < -0.39 is 0 Å². The van der Waals surface area contributed by atoms with Crippen LogP contribution in [0.2, 0.25) is 0 Å². The highest BCUT2D eigenvalue weighted by Crippen LogP contribution is 2.28. The lowest BCUT2D eigenvalue weighted by molar-refractivity contribution is 0.0955. The maximum atomic E-state index is 12.1. The molecule has 0 aliphatic carbocycles. The van der Waals surface area contributed by atoms with Gasteiger partial charge in [0, 0.05) is 42.4 Å². The normalized spacial score (nSPS) is 14.7. The Morgan fingerprint density at radius 3 is 2.66 bits per heavy atom. The highest BCUT2D eigenvalue weighted by molar-refractivity contribution is 7.98. The number of nitrogens with zero attached hydrogens (tertiary/aromatic N) is 3. The van der Waals surface area contributed by atoms with Gasteiger partial charge in [0.15, 0.2) is 5.16 Å². The van der Waals surface area contributed by atoms with E-state index in [-0.39, 0.29) is 11.3 Å². The van der Waals surface area contributed by atoms with Gasteiger partial charge in [0.1, 0.15) is 5.82 Å². The number of aromatic nitrogens is 2. The third kappa shape index (κ3) is 5.93. The van der Waals surface area contributed by atoms with E-state index in [9.17, 15) is 4.79 Å². The highest BCUT2D eigenvalue weighted by Gasteiger charge is 2.21. The van der Waals surface area contributed by atoms with Gasteiger partial charge in [-0.3, -0.25) is 4.79 Å². The molecule has 0 unspecified atom stereocenters. The van der Waals surface area contributed by atoms with E-state index in [1.165, 1.54) is 0 Å². The lowest BCUT2D eigenvalue weighted by Gasteiger charge is -2.29. The number of carbonyl (C=O) groups excluding carboxylic acids is 1. The predicted molar refractivity (Wildman–Crippen MR) is 118 cm³/mol. The molecular formula is C22H30N4O2S. The molecule has 0 radical (unpaired) electrons. The van der Waals surface area contributed by atoms with Gasteiger partial charge in [-0.15, -0.1) is 0 Å². The van der Waals surface area contributed by atoms with Gasteiger partial charge in [0.05, 0.1) is 18.9 Å². The molecule has 6 nitrogen and oxygen atoms in total.